The first-order valence-electron chi connectivity index (χ1n) is 8.94. The minimum absolute atomic E-state index is 0.299. The van der Waals surface area contributed by atoms with Crippen LogP contribution in [0.2, 0.25) is 0 Å². The van der Waals surface area contributed by atoms with Crippen LogP contribution in [0.4, 0.5) is 5.69 Å². The Morgan fingerprint density at radius 1 is 1.15 bits per heavy atom. The molecule has 3 rings (SSSR count). The number of fused-ring (bicyclic) bond motifs is 1. The van der Waals surface area contributed by atoms with Crippen molar-refractivity contribution in [1.29, 1.82) is 0 Å². The molecule has 6 heteroatoms. The Morgan fingerprint density at radius 3 is 2.48 bits per heavy atom. The van der Waals surface area contributed by atoms with Gasteiger partial charge in [0.25, 0.3) is 0 Å². The van der Waals surface area contributed by atoms with Gasteiger partial charge in [-0.15, -0.1) is 0 Å². The van der Waals surface area contributed by atoms with E-state index in [1.165, 1.54) is 10.6 Å². The highest BCUT2D eigenvalue weighted by Gasteiger charge is 2.15. The SMILES string of the molecule is Cc1cc(-c2cccc(N(C)S(C)(=O)=O)c2)cc2cn(CC(C)C)c(O)c12. The number of aromatic hydroxyl groups is 1. The molecule has 2 aromatic carbocycles. The first-order chi connectivity index (χ1) is 12.6. The third kappa shape index (κ3) is 3.81. The summed E-state index contributed by atoms with van der Waals surface area (Å²) in [5.41, 5.74) is 3.53. The van der Waals surface area contributed by atoms with Gasteiger partial charge in [-0.25, -0.2) is 8.42 Å². The van der Waals surface area contributed by atoms with Gasteiger partial charge < -0.3 is 9.67 Å². The normalized spacial score (nSPS) is 12.1. The lowest BCUT2D eigenvalue weighted by atomic mass is 9.99. The molecular weight excluding hydrogens is 360 g/mol. The molecule has 0 saturated carbocycles. The summed E-state index contributed by atoms with van der Waals surface area (Å²) >= 11 is 0. The Bertz CT molecular complexity index is 1100. The summed E-state index contributed by atoms with van der Waals surface area (Å²) in [6, 6.07) is 11.5. The molecule has 0 amide bonds. The lowest BCUT2D eigenvalue weighted by Crippen LogP contribution is -2.24. The fourth-order valence-electron chi connectivity index (χ4n) is 3.37. The van der Waals surface area contributed by atoms with Crippen LogP contribution in [0.15, 0.2) is 42.6 Å². The topological polar surface area (TPSA) is 62.5 Å². The molecule has 5 nitrogen and oxygen atoms in total. The third-order valence-corrected chi connectivity index (χ3v) is 5.96. The van der Waals surface area contributed by atoms with Crippen LogP contribution in [0.5, 0.6) is 5.88 Å². The van der Waals surface area contributed by atoms with Gasteiger partial charge in [0.2, 0.25) is 10.0 Å². The highest BCUT2D eigenvalue weighted by Crippen LogP contribution is 2.35. The van der Waals surface area contributed by atoms with E-state index in [0.717, 1.165) is 34.0 Å². The van der Waals surface area contributed by atoms with Gasteiger partial charge in [-0.3, -0.25) is 4.31 Å². The van der Waals surface area contributed by atoms with Gasteiger partial charge in [0, 0.05) is 30.6 Å². The monoisotopic (exact) mass is 386 g/mol. The van der Waals surface area contributed by atoms with E-state index in [-0.39, 0.29) is 0 Å². The molecular formula is C21H26N2O3S. The first-order valence-corrected chi connectivity index (χ1v) is 10.8. The van der Waals surface area contributed by atoms with Crippen molar-refractivity contribution in [3.63, 3.8) is 0 Å². The van der Waals surface area contributed by atoms with E-state index in [0.29, 0.717) is 17.5 Å². The summed E-state index contributed by atoms with van der Waals surface area (Å²) in [5, 5.41) is 12.4. The van der Waals surface area contributed by atoms with Crippen molar-refractivity contribution in [2.45, 2.75) is 27.3 Å². The Morgan fingerprint density at radius 2 is 1.85 bits per heavy atom. The van der Waals surface area contributed by atoms with E-state index in [4.69, 9.17) is 0 Å². The predicted octanol–water partition coefficient (Wildman–Crippen LogP) is 4.37. The fourth-order valence-corrected chi connectivity index (χ4v) is 3.86. The van der Waals surface area contributed by atoms with Crippen molar-refractivity contribution in [1.82, 2.24) is 4.57 Å². The molecule has 3 aromatic rings. The molecule has 0 spiro atoms. The van der Waals surface area contributed by atoms with E-state index in [1.54, 1.807) is 13.1 Å². The predicted molar refractivity (Wildman–Crippen MR) is 112 cm³/mol. The van der Waals surface area contributed by atoms with E-state index >= 15 is 0 Å². The average Bonchev–Trinajstić information content (AvgIpc) is 2.89. The van der Waals surface area contributed by atoms with Crippen molar-refractivity contribution >= 4 is 26.5 Å². The highest BCUT2D eigenvalue weighted by molar-refractivity contribution is 7.92. The Kier molecular flexibility index (Phi) is 4.95. The Balaban J connectivity index is 2.10. The maximum atomic E-state index is 11.8. The summed E-state index contributed by atoms with van der Waals surface area (Å²) in [6.45, 7) is 6.97. The Labute approximate surface area is 160 Å². The van der Waals surface area contributed by atoms with Gasteiger partial charge in [0.15, 0.2) is 5.88 Å². The van der Waals surface area contributed by atoms with Gasteiger partial charge in [-0.05, 0) is 47.7 Å². The lowest BCUT2D eigenvalue weighted by Gasteiger charge is -2.17. The zero-order valence-electron chi connectivity index (χ0n) is 16.4. The van der Waals surface area contributed by atoms with E-state index in [2.05, 4.69) is 13.8 Å². The molecule has 0 aliphatic heterocycles. The smallest absolute Gasteiger partial charge is 0.231 e. The van der Waals surface area contributed by atoms with Crippen LogP contribution in [-0.2, 0) is 16.6 Å². The van der Waals surface area contributed by atoms with Gasteiger partial charge >= 0.3 is 0 Å². The first kappa shape index (κ1) is 19.3. The summed E-state index contributed by atoms with van der Waals surface area (Å²) in [5.74, 6) is 0.731. The highest BCUT2D eigenvalue weighted by atomic mass is 32.2. The van der Waals surface area contributed by atoms with Crippen molar-refractivity contribution in [2.75, 3.05) is 17.6 Å². The lowest BCUT2D eigenvalue weighted by molar-refractivity contribution is 0.399. The number of benzene rings is 2. The number of anilines is 1. The minimum atomic E-state index is -3.31. The zero-order valence-corrected chi connectivity index (χ0v) is 17.2. The molecule has 1 N–H and O–H groups in total. The molecule has 144 valence electrons. The van der Waals surface area contributed by atoms with Crippen LogP contribution in [0.1, 0.15) is 19.4 Å². The number of hydrogen-bond donors (Lipinski definition) is 1. The molecule has 1 heterocycles. The van der Waals surface area contributed by atoms with E-state index in [1.807, 2.05) is 48.0 Å². The quantitative estimate of drug-likeness (QED) is 0.708. The molecule has 0 aliphatic rings. The number of hydrogen-bond acceptors (Lipinski definition) is 3. The number of aromatic nitrogens is 1. The second kappa shape index (κ2) is 6.93. The van der Waals surface area contributed by atoms with Crippen molar-refractivity contribution in [3.8, 4) is 17.0 Å². The second-order valence-electron chi connectivity index (χ2n) is 7.54. The molecule has 0 bridgehead atoms. The molecule has 0 radical (unpaired) electrons. The van der Waals surface area contributed by atoms with Crippen LogP contribution < -0.4 is 4.31 Å². The van der Waals surface area contributed by atoms with Crippen molar-refractivity contribution in [3.05, 3.63) is 48.2 Å². The second-order valence-corrected chi connectivity index (χ2v) is 9.55. The maximum Gasteiger partial charge on any atom is 0.231 e. The molecule has 0 atom stereocenters. The van der Waals surface area contributed by atoms with E-state index in [9.17, 15) is 13.5 Å². The van der Waals surface area contributed by atoms with Crippen LogP contribution in [-0.4, -0.2) is 31.4 Å². The van der Waals surface area contributed by atoms with Gasteiger partial charge in [-0.1, -0.05) is 32.0 Å². The third-order valence-electron chi connectivity index (χ3n) is 4.76. The van der Waals surface area contributed by atoms with Crippen LogP contribution >= 0.6 is 0 Å². The minimum Gasteiger partial charge on any atom is -0.494 e. The van der Waals surface area contributed by atoms with Gasteiger partial charge in [-0.2, -0.15) is 0 Å². The van der Waals surface area contributed by atoms with Crippen molar-refractivity contribution in [2.24, 2.45) is 5.92 Å². The maximum absolute atomic E-state index is 11.8. The Hall–Kier alpha value is -2.47. The number of sulfonamides is 1. The van der Waals surface area contributed by atoms with E-state index < -0.39 is 10.0 Å². The molecule has 0 saturated heterocycles. The fraction of sp³-hybridized carbons (Fsp3) is 0.333. The largest absolute Gasteiger partial charge is 0.494 e. The molecule has 0 aliphatic carbocycles. The average molecular weight is 387 g/mol. The zero-order chi connectivity index (χ0) is 19.9. The summed E-state index contributed by atoms with van der Waals surface area (Å²) in [4.78, 5) is 0. The van der Waals surface area contributed by atoms with Crippen LogP contribution in [0, 0.1) is 12.8 Å². The van der Waals surface area contributed by atoms with Crippen molar-refractivity contribution < 1.29 is 13.5 Å². The number of aryl methyl sites for hydroxylation is 1. The molecule has 27 heavy (non-hydrogen) atoms. The van der Waals surface area contributed by atoms with Crippen LogP contribution in [0.25, 0.3) is 21.9 Å². The standard InChI is InChI=1S/C21H26N2O3S/c1-14(2)12-23-13-18-10-17(9-15(3)20(18)21(23)24)16-7-6-8-19(11-16)22(4)27(5,25)26/h6-11,13-14,24H,12H2,1-5H3. The van der Waals surface area contributed by atoms with Crippen LogP contribution in [0.3, 0.4) is 0 Å². The molecule has 1 aromatic heterocycles. The number of rotatable bonds is 5. The van der Waals surface area contributed by atoms with Gasteiger partial charge in [0.05, 0.1) is 11.9 Å². The molecule has 0 unspecified atom stereocenters. The molecule has 0 fully saturated rings. The van der Waals surface area contributed by atoms with Gasteiger partial charge in [0.1, 0.15) is 0 Å². The summed E-state index contributed by atoms with van der Waals surface area (Å²) < 4.78 is 26.8. The summed E-state index contributed by atoms with van der Waals surface area (Å²) in [6.07, 6.45) is 3.17. The summed E-state index contributed by atoms with van der Waals surface area (Å²) in [7, 11) is -1.77. The number of nitrogens with zero attached hydrogens (tertiary/aromatic N) is 2.